The van der Waals surface area contributed by atoms with Crippen LogP contribution in [0.4, 0.5) is 0 Å². The van der Waals surface area contributed by atoms with Gasteiger partial charge in [0.1, 0.15) is 19.0 Å². The lowest BCUT2D eigenvalue weighted by Gasteiger charge is -2.30. The maximum absolute atomic E-state index is 12.4. The third-order valence-corrected chi connectivity index (χ3v) is 3.60. The molecule has 0 spiro atoms. The third kappa shape index (κ3) is 4.23. The monoisotopic (exact) mass is 344 g/mol. The fourth-order valence-corrected chi connectivity index (χ4v) is 2.64. The molecule has 0 aliphatic carbocycles. The molecule has 1 aliphatic heterocycles. The molecule has 126 valence electrons. The van der Waals surface area contributed by atoms with Crippen molar-refractivity contribution in [2.75, 3.05) is 13.2 Å². The van der Waals surface area contributed by atoms with Crippen molar-refractivity contribution in [1.82, 2.24) is 10.6 Å². The van der Waals surface area contributed by atoms with Crippen LogP contribution >= 0.6 is 12.2 Å². The van der Waals surface area contributed by atoms with Crippen molar-refractivity contribution in [3.05, 3.63) is 66.4 Å². The van der Waals surface area contributed by atoms with Crippen molar-refractivity contribution in [3.63, 3.8) is 0 Å². The minimum absolute atomic E-state index is 0.148. The molecule has 2 rings (SSSR count). The maximum atomic E-state index is 12.4. The lowest BCUT2D eigenvalue weighted by Crippen LogP contribution is -2.45. The molecule has 0 saturated heterocycles. The highest BCUT2D eigenvalue weighted by atomic mass is 32.1. The van der Waals surface area contributed by atoms with Gasteiger partial charge in [-0.05, 0) is 36.8 Å². The van der Waals surface area contributed by atoms with Crippen LogP contribution in [0.3, 0.4) is 0 Å². The summed E-state index contributed by atoms with van der Waals surface area (Å²) in [5.74, 6) is 0.271. The molecule has 0 saturated carbocycles. The predicted octanol–water partition coefficient (Wildman–Crippen LogP) is 2.77. The average molecular weight is 344 g/mol. The molecular weight excluding hydrogens is 324 g/mol. The van der Waals surface area contributed by atoms with E-state index in [-0.39, 0.29) is 6.61 Å². The van der Waals surface area contributed by atoms with E-state index < -0.39 is 12.0 Å². The van der Waals surface area contributed by atoms with Gasteiger partial charge in [0, 0.05) is 5.70 Å². The Morgan fingerprint density at radius 1 is 1.33 bits per heavy atom. The van der Waals surface area contributed by atoms with Gasteiger partial charge < -0.3 is 20.1 Å². The first kappa shape index (κ1) is 17.7. The van der Waals surface area contributed by atoms with Crippen LogP contribution in [0.25, 0.3) is 0 Å². The molecule has 0 fully saturated rings. The van der Waals surface area contributed by atoms with Crippen molar-refractivity contribution in [2.45, 2.75) is 13.0 Å². The number of carbonyl (C=O) groups excluding carboxylic acids is 1. The number of hydrogen-bond donors (Lipinski definition) is 2. The zero-order valence-electron chi connectivity index (χ0n) is 13.5. The van der Waals surface area contributed by atoms with Gasteiger partial charge in [0.2, 0.25) is 0 Å². The van der Waals surface area contributed by atoms with Gasteiger partial charge in [-0.15, -0.1) is 0 Å². The van der Waals surface area contributed by atoms with E-state index in [0.29, 0.717) is 28.7 Å². The molecule has 0 amide bonds. The van der Waals surface area contributed by atoms with Crippen LogP contribution in [0.5, 0.6) is 5.75 Å². The Labute approximate surface area is 147 Å². The number of rotatable bonds is 7. The fourth-order valence-electron chi connectivity index (χ4n) is 2.37. The fraction of sp³-hybridized carbons (Fsp3) is 0.222. The van der Waals surface area contributed by atoms with Gasteiger partial charge in [-0.2, -0.15) is 0 Å². The lowest BCUT2D eigenvalue weighted by atomic mass is 9.95. The standard InChI is InChI=1S/C18H20N2O3S/c1-4-9-22-14-8-6-7-13(11-14)16-15(17(21)23-10-5-2)12(3)19-18(24)20-16/h4-8,11,16H,1-2,9-10H2,3H3,(H2,19,20,24)/t16-/m1/s1. The first-order valence-corrected chi connectivity index (χ1v) is 7.87. The Bertz CT molecular complexity index is 697. The van der Waals surface area contributed by atoms with E-state index in [2.05, 4.69) is 23.8 Å². The van der Waals surface area contributed by atoms with Crippen LogP contribution in [0, 0.1) is 0 Å². The van der Waals surface area contributed by atoms with Crippen molar-refractivity contribution >= 4 is 23.3 Å². The van der Waals surface area contributed by atoms with E-state index in [1.807, 2.05) is 24.3 Å². The first-order valence-electron chi connectivity index (χ1n) is 7.46. The second-order valence-electron chi connectivity index (χ2n) is 5.13. The molecule has 0 radical (unpaired) electrons. The van der Waals surface area contributed by atoms with E-state index in [0.717, 1.165) is 5.56 Å². The van der Waals surface area contributed by atoms with Crippen molar-refractivity contribution < 1.29 is 14.3 Å². The summed E-state index contributed by atoms with van der Waals surface area (Å²) in [7, 11) is 0. The number of ether oxygens (including phenoxy) is 2. The Kier molecular flexibility index (Phi) is 6.14. The van der Waals surface area contributed by atoms with Gasteiger partial charge in [0.25, 0.3) is 0 Å². The van der Waals surface area contributed by atoms with E-state index in [1.54, 1.807) is 13.0 Å². The molecule has 6 heteroatoms. The molecular formula is C18H20N2O3S. The number of esters is 1. The smallest absolute Gasteiger partial charge is 0.338 e. The summed E-state index contributed by atoms with van der Waals surface area (Å²) in [6, 6.07) is 7.06. The summed E-state index contributed by atoms with van der Waals surface area (Å²) in [5.41, 5.74) is 1.99. The van der Waals surface area contributed by atoms with Crippen molar-refractivity contribution in [2.24, 2.45) is 0 Å². The van der Waals surface area contributed by atoms with Gasteiger partial charge in [-0.3, -0.25) is 0 Å². The molecule has 1 aromatic rings. The average Bonchev–Trinajstić information content (AvgIpc) is 2.57. The summed E-state index contributed by atoms with van der Waals surface area (Å²) in [6.45, 7) is 9.54. The molecule has 5 nitrogen and oxygen atoms in total. The van der Waals surface area contributed by atoms with Gasteiger partial charge in [-0.25, -0.2) is 4.79 Å². The molecule has 0 aromatic heterocycles. The molecule has 1 aliphatic rings. The molecule has 2 N–H and O–H groups in total. The second-order valence-corrected chi connectivity index (χ2v) is 5.54. The summed E-state index contributed by atoms with van der Waals surface area (Å²) in [6.07, 6.45) is 3.20. The number of allylic oxidation sites excluding steroid dienone is 1. The van der Waals surface area contributed by atoms with E-state index >= 15 is 0 Å². The van der Waals surface area contributed by atoms with E-state index in [9.17, 15) is 4.79 Å². The molecule has 1 heterocycles. The minimum atomic E-state index is -0.419. The Morgan fingerprint density at radius 3 is 2.79 bits per heavy atom. The largest absolute Gasteiger partial charge is 0.490 e. The first-order chi connectivity index (χ1) is 11.6. The van der Waals surface area contributed by atoms with Crippen LogP contribution in [0.15, 0.2) is 60.8 Å². The minimum Gasteiger partial charge on any atom is -0.490 e. The topological polar surface area (TPSA) is 59.6 Å². The van der Waals surface area contributed by atoms with Crippen LogP contribution in [-0.2, 0) is 9.53 Å². The second kappa shape index (κ2) is 8.31. The van der Waals surface area contributed by atoms with Crippen LogP contribution in [-0.4, -0.2) is 24.3 Å². The molecule has 24 heavy (non-hydrogen) atoms. The van der Waals surface area contributed by atoms with Gasteiger partial charge in [0.05, 0.1) is 11.6 Å². The van der Waals surface area contributed by atoms with Crippen molar-refractivity contribution in [1.29, 1.82) is 0 Å². The molecule has 0 bridgehead atoms. The summed E-state index contributed by atoms with van der Waals surface area (Å²) in [5, 5.41) is 6.53. The number of carbonyl (C=O) groups is 1. The van der Waals surface area contributed by atoms with Crippen LogP contribution in [0.2, 0.25) is 0 Å². The number of nitrogens with one attached hydrogen (secondary N) is 2. The normalized spacial score (nSPS) is 16.7. The number of thiocarbonyl (C=S) groups is 1. The van der Waals surface area contributed by atoms with Crippen LogP contribution < -0.4 is 15.4 Å². The van der Waals surface area contributed by atoms with E-state index in [4.69, 9.17) is 21.7 Å². The summed E-state index contributed by atoms with van der Waals surface area (Å²) < 4.78 is 10.8. The molecule has 1 aromatic carbocycles. The summed E-state index contributed by atoms with van der Waals surface area (Å²) >= 11 is 5.22. The Morgan fingerprint density at radius 2 is 2.08 bits per heavy atom. The van der Waals surface area contributed by atoms with Crippen molar-refractivity contribution in [3.8, 4) is 5.75 Å². The highest BCUT2D eigenvalue weighted by Gasteiger charge is 2.31. The van der Waals surface area contributed by atoms with E-state index in [1.165, 1.54) is 6.08 Å². The Hall–Kier alpha value is -2.60. The van der Waals surface area contributed by atoms with Gasteiger partial charge in [-0.1, -0.05) is 37.4 Å². The summed E-state index contributed by atoms with van der Waals surface area (Å²) in [4.78, 5) is 12.4. The maximum Gasteiger partial charge on any atom is 0.338 e. The zero-order valence-corrected chi connectivity index (χ0v) is 14.3. The quantitative estimate of drug-likeness (QED) is 0.451. The zero-order chi connectivity index (χ0) is 17.5. The highest BCUT2D eigenvalue weighted by Crippen LogP contribution is 2.29. The number of benzene rings is 1. The Balaban J connectivity index is 2.35. The molecule has 1 atom stereocenters. The van der Waals surface area contributed by atoms with Crippen LogP contribution in [0.1, 0.15) is 18.5 Å². The third-order valence-electron chi connectivity index (χ3n) is 3.38. The number of hydrogen-bond acceptors (Lipinski definition) is 4. The predicted molar refractivity (Wildman–Crippen MR) is 97.6 cm³/mol. The van der Waals surface area contributed by atoms with Gasteiger partial charge in [0.15, 0.2) is 5.11 Å². The lowest BCUT2D eigenvalue weighted by molar-refractivity contribution is -0.138. The molecule has 0 unspecified atom stereocenters. The highest BCUT2D eigenvalue weighted by molar-refractivity contribution is 7.80. The van der Waals surface area contributed by atoms with Gasteiger partial charge >= 0.3 is 5.97 Å². The SMILES string of the molecule is C=CCOC(=O)C1=C(C)NC(=S)N[C@@H]1c1cccc(OCC=C)c1.